The largest absolute Gasteiger partial charge is 0.390 e. The highest BCUT2D eigenvalue weighted by Gasteiger charge is 2.19. The fourth-order valence-electron chi connectivity index (χ4n) is 1.33. The maximum Gasteiger partial charge on any atom is 0.185 e. The van der Waals surface area contributed by atoms with Crippen LogP contribution in [0, 0.1) is 6.92 Å². The lowest BCUT2D eigenvalue weighted by Crippen LogP contribution is -2.20. The van der Waals surface area contributed by atoms with Crippen molar-refractivity contribution in [2.24, 2.45) is 0 Å². The van der Waals surface area contributed by atoms with Crippen LogP contribution in [0.1, 0.15) is 30.7 Å². The van der Waals surface area contributed by atoms with Crippen molar-refractivity contribution in [2.45, 2.75) is 32.5 Å². The second-order valence-electron chi connectivity index (χ2n) is 3.90. The number of nitrogens with zero attached hydrogens (tertiary/aromatic N) is 1. The Labute approximate surface area is 105 Å². The first-order chi connectivity index (χ1) is 8.00. The van der Waals surface area contributed by atoms with E-state index in [2.05, 4.69) is 4.98 Å². The Hall–Kier alpha value is -0.910. The minimum absolute atomic E-state index is 0.0140. The lowest BCUT2D eigenvalue weighted by atomic mass is 10.1. The molecule has 0 saturated heterocycles. The van der Waals surface area contributed by atoms with Gasteiger partial charge in [0.2, 0.25) is 0 Å². The van der Waals surface area contributed by atoms with E-state index in [0.717, 1.165) is 17.3 Å². The van der Waals surface area contributed by atoms with Gasteiger partial charge in [-0.2, -0.15) is 0 Å². The fourth-order valence-corrected chi connectivity index (χ4v) is 1.98. The van der Waals surface area contributed by atoms with E-state index in [1.807, 2.05) is 13.0 Å². The van der Waals surface area contributed by atoms with Crippen LogP contribution < -0.4 is 0 Å². The van der Waals surface area contributed by atoms with Crippen LogP contribution in [-0.4, -0.2) is 32.2 Å². The summed E-state index contributed by atoms with van der Waals surface area (Å²) in [5.41, 5.74) is 1.46. The van der Waals surface area contributed by atoms with E-state index in [4.69, 9.17) is 0 Å². The summed E-state index contributed by atoms with van der Waals surface area (Å²) in [6.07, 6.45) is 0.122. The molecule has 0 saturated carbocycles. The second kappa shape index (κ2) is 6.74. The van der Waals surface area contributed by atoms with E-state index >= 15 is 0 Å². The van der Waals surface area contributed by atoms with Crippen LogP contribution >= 0.6 is 11.8 Å². The molecule has 0 bridgehead atoms. The molecule has 4 nitrogen and oxygen atoms in total. The van der Waals surface area contributed by atoms with Gasteiger partial charge in [0, 0.05) is 18.9 Å². The van der Waals surface area contributed by atoms with Crippen LogP contribution in [0.3, 0.4) is 0 Å². The number of aliphatic hydroxyl groups excluding tert-OH is 2. The molecule has 0 aliphatic rings. The van der Waals surface area contributed by atoms with Crippen LogP contribution in [0.2, 0.25) is 0 Å². The summed E-state index contributed by atoms with van der Waals surface area (Å²) in [5, 5.41) is 19.6. The van der Waals surface area contributed by atoms with Gasteiger partial charge in [-0.05, 0) is 25.0 Å². The van der Waals surface area contributed by atoms with E-state index in [1.165, 1.54) is 6.92 Å². The maximum absolute atomic E-state index is 10.7. The number of rotatable bonds is 5. The Morgan fingerprint density at radius 3 is 2.71 bits per heavy atom. The van der Waals surface area contributed by atoms with Crippen molar-refractivity contribution in [3.05, 3.63) is 29.6 Å². The van der Waals surface area contributed by atoms with Gasteiger partial charge in [0.15, 0.2) is 5.12 Å². The topological polar surface area (TPSA) is 70.4 Å². The molecule has 5 heteroatoms. The van der Waals surface area contributed by atoms with Gasteiger partial charge in [-0.25, -0.2) is 0 Å². The van der Waals surface area contributed by atoms with Crippen molar-refractivity contribution < 1.29 is 15.0 Å². The summed E-state index contributed by atoms with van der Waals surface area (Å²) >= 11 is 1.14. The van der Waals surface area contributed by atoms with Crippen LogP contribution in [-0.2, 0) is 4.79 Å². The van der Waals surface area contributed by atoms with Gasteiger partial charge in [0.05, 0.1) is 11.8 Å². The van der Waals surface area contributed by atoms with Crippen molar-refractivity contribution in [3.8, 4) is 0 Å². The molecule has 17 heavy (non-hydrogen) atoms. The molecule has 1 rings (SSSR count). The lowest BCUT2D eigenvalue weighted by Gasteiger charge is -2.16. The summed E-state index contributed by atoms with van der Waals surface area (Å²) in [7, 11) is 0. The molecule has 1 aromatic rings. The first-order valence-electron chi connectivity index (χ1n) is 5.42. The fraction of sp³-hybridized carbons (Fsp3) is 0.500. The summed E-state index contributed by atoms with van der Waals surface area (Å²) in [6, 6.07) is 3.53. The Morgan fingerprint density at radius 1 is 1.47 bits per heavy atom. The molecule has 2 atom stereocenters. The summed E-state index contributed by atoms with van der Waals surface area (Å²) in [4.78, 5) is 14.8. The van der Waals surface area contributed by atoms with E-state index < -0.39 is 12.2 Å². The second-order valence-corrected chi connectivity index (χ2v) is 5.17. The van der Waals surface area contributed by atoms with E-state index in [-0.39, 0.29) is 5.12 Å². The third-order valence-corrected chi connectivity index (χ3v) is 3.17. The smallest absolute Gasteiger partial charge is 0.185 e. The molecular weight excluding hydrogens is 238 g/mol. The third kappa shape index (κ3) is 4.85. The molecule has 94 valence electrons. The molecule has 2 unspecified atom stereocenters. The molecule has 2 N–H and O–H groups in total. The van der Waals surface area contributed by atoms with Gasteiger partial charge in [0.1, 0.15) is 6.10 Å². The molecule has 1 aromatic heterocycles. The van der Waals surface area contributed by atoms with Crippen LogP contribution in [0.25, 0.3) is 0 Å². The minimum atomic E-state index is -0.997. The molecule has 0 spiro atoms. The first kappa shape index (κ1) is 14.2. The number of aryl methyl sites for hydroxylation is 1. The predicted molar refractivity (Wildman–Crippen MR) is 67.7 cm³/mol. The molecule has 0 aliphatic carbocycles. The molecule has 1 heterocycles. The number of carbonyl (C=O) groups excluding carboxylic acids is 1. The van der Waals surface area contributed by atoms with Gasteiger partial charge in [-0.3, -0.25) is 9.78 Å². The molecule has 0 aliphatic heterocycles. The third-order valence-electron chi connectivity index (χ3n) is 2.32. The van der Waals surface area contributed by atoms with Crippen LogP contribution in [0.4, 0.5) is 0 Å². The highest BCUT2D eigenvalue weighted by molar-refractivity contribution is 8.13. The summed E-state index contributed by atoms with van der Waals surface area (Å²) in [5.74, 6) is 0.499. The van der Waals surface area contributed by atoms with E-state index in [9.17, 15) is 15.0 Å². The Kier molecular flexibility index (Phi) is 5.61. The zero-order valence-electron chi connectivity index (χ0n) is 9.96. The number of aliphatic hydroxyl groups is 2. The molecule has 0 aromatic carbocycles. The van der Waals surface area contributed by atoms with Gasteiger partial charge in [0.25, 0.3) is 0 Å². The van der Waals surface area contributed by atoms with Gasteiger partial charge < -0.3 is 10.2 Å². The molecule has 0 amide bonds. The van der Waals surface area contributed by atoms with E-state index in [1.54, 1.807) is 12.3 Å². The number of thioether (sulfide) groups is 1. The van der Waals surface area contributed by atoms with Gasteiger partial charge in [-0.15, -0.1) is 0 Å². The van der Waals surface area contributed by atoms with Crippen LogP contribution in [0.15, 0.2) is 18.3 Å². The van der Waals surface area contributed by atoms with Crippen molar-refractivity contribution in [3.63, 3.8) is 0 Å². The average Bonchev–Trinajstić information content (AvgIpc) is 2.28. The number of pyridine rings is 1. The Balaban J connectivity index is 2.48. The maximum atomic E-state index is 10.7. The van der Waals surface area contributed by atoms with Gasteiger partial charge in [-0.1, -0.05) is 17.8 Å². The molecule has 0 fully saturated rings. The Morgan fingerprint density at radius 2 is 2.18 bits per heavy atom. The SMILES string of the molecule is CC(=O)SCCC(O)C(O)c1ccc(C)cn1. The first-order valence-corrected chi connectivity index (χ1v) is 6.41. The average molecular weight is 255 g/mol. The number of hydrogen-bond acceptors (Lipinski definition) is 5. The standard InChI is InChI=1S/C12H17NO3S/c1-8-3-4-10(13-7-8)12(16)11(15)5-6-17-9(2)14/h3-4,7,11-12,15-16H,5-6H2,1-2H3. The van der Waals surface area contributed by atoms with Crippen molar-refractivity contribution in [1.29, 1.82) is 0 Å². The highest BCUT2D eigenvalue weighted by atomic mass is 32.2. The predicted octanol–water partition coefficient (Wildman–Crippen LogP) is 1.45. The normalized spacial score (nSPS) is 14.4. The quantitative estimate of drug-likeness (QED) is 0.833. The zero-order chi connectivity index (χ0) is 12.8. The van der Waals surface area contributed by atoms with Crippen LogP contribution in [0.5, 0.6) is 0 Å². The summed E-state index contributed by atoms with van der Waals surface area (Å²) in [6.45, 7) is 3.39. The van der Waals surface area contributed by atoms with Gasteiger partial charge >= 0.3 is 0 Å². The van der Waals surface area contributed by atoms with E-state index in [0.29, 0.717) is 17.9 Å². The number of aromatic nitrogens is 1. The molecule has 0 radical (unpaired) electrons. The monoisotopic (exact) mass is 255 g/mol. The Bertz CT molecular complexity index is 367. The molecular formula is C12H17NO3S. The zero-order valence-corrected chi connectivity index (χ0v) is 10.8. The van der Waals surface area contributed by atoms with Crippen molar-refractivity contribution in [2.75, 3.05) is 5.75 Å². The number of hydrogen-bond donors (Lipinski definition) is 2. The minimum Gasteiger partial charge on any atom is -0.390 e. The number of carbonyl (C=O) groups is 1. The van der Waals surface area contributed by atoms with Crippen molar-refractivity contribution >= 4 is 16.9 Å². The summed E-state index contributed by atoms with van der Waals surface area (Å²) < 4.78 is 0. The van der Waals surface area contributed by atoms with Crippen molar-refractivity contribution in [1.82, 2.24) is 4.98 Å². The highest BCUT2D eigenvalue weighted by Crippen LogP contribution is 2.18. The lowest BCUT2D eigenvalue weighted by molar-refractivity contribution is -0.109.